The van der Waals surface area contributed by atoms with Crippen LogP contribution in [0.2, 0.25) is 0 Å². The molecule has 2 atom stereocenters. The van der Waals surface area contributed by atoms with Gasteiger partial charge in [-0.25, -0.2) is 0 Å². The topological polar surface area (TPSA) is 20.2 Å². The number of hydrogen-bond donors (Lipinski definition) is 1. The third kappa shape index (κ3) is 1.15. The Morgan fingerprint density at radius 2 is 1.50 bits per heavy atom. The molecule has 4 rings (SSSR count). The molecule has 2 aromatic carbocycles. The number of aliphatic hydroxyl groups is 1. The van der Waals surface area contributed by atoms with Gasteiger partial charge in [-0.15, -0.1) is 0 Å². The van der Waals surface area contributed by atoms with Crippen molar-refractivity contribution in [3.63, 3.8) is 0 Å². The van der Waals surface area contributed by atoms with E-state index in [1.54, 1.807) is 0 Å². The molecule has 90 valence electrons. The lowest BCUT2D eigenvalue weighted by Gasteiger charge is -2.37. The molecule has 0 amide bonds. The average Bonchev–Trinajstić information content (AvgIpc) is 2.73. The van der Waals surface area contributed by atoms with E-state index in [1.807, 2.05) is 12.1 Å². The van der Waals surface area contributed by atoms with Gasteiger partial charge in [0.15, 0.2) is 0 Å². The zero-order valence-corrected chi connectivity index (χ0v) is 10.3. The maximum atomic E-state index is 11.3. The lowest BCUT2D eigenvalue weighted by atomic mass is 9.72. The van der Waals surface area contributed by atoms with Crippen LogP contribution in [0.15, 0.2) is 48.5 Å². The molecule has 2 aliphatic carbocycles. The van der Waals surface area contributed by atoms with Gasteiger partial charge in [0.1, 0.15) is 5.60 Å². The standard InChI is InChI=1S/C17H16O/c18-17-14(11-13-6-2-4-8-16(13)17)10-9-12-5-1-3-7-15(12)17/h1-8,14,18H,9-11H2. The Bertz CT molecular complexity index is 617. The number of aryl methyl sites for hydroxylation is 1. The summed E-state index contributed by atoms with van der Waals surface area (Å²) in [6.07, 6.45) is 3.19. The highest BCUT2D eigenvalue weighted by Gasteiger charge is 2.49. The van der Waals surface area contributed by atoms with E-state index in [-0.39, 0.29) is 0 Å². The molecule has 0 saturated heterocycles. The molecule has 0 heterocycles. The van der Waals surface area contributed by atoms with Gasteiger partial charge in [-0.05, 0) is 41.5 Å². The van der Waals surface area contributed by atoms with Crippen LogP contribution >= 0.6 is 0 Å². The zero-order chi connectivity index (χ0) is 12.2. The van der Waals surface area contributed by atoms with Crippen molar-refractivity contribution in [1.82, 2.24) is 0 Å². The van der Waals surface area contributed by atoms with Crippen molar-refractivity contribution in [2.45, 2.75) is 24.9 Å². The largest absolute Gasteiger partial charge is 0.380 e. The molecule has 18 heavy (non-hydrogen) atoms. The van der Waals surface area contributed by atoms with Crippen molar-refractivity contribution >= 4 is 0 Å². The molecule has 0 spiro atoms. The molecule has 2 unspecified atom stereocenters. The molecule has 0 aliphatic heterocycles. The maximum absolute atomic E-state index is 11.3. The summed E-state index contributed by atoms with van der Waals surface area (Å²) in [5.41, 5.74) is 4.15. The summed E-state index contributed by atoms with van der Waals surface area (Å²) in [6, 6.07) is 16.7. The fourth-order valence-corrected chi connectivity index (χ4v) is 3.82. The van der Waals surface area contributed by atoms with E-state index in [4.69, 9.17) is 0 Å². The molecule has 0 fully saturated rings. The Morgan fingerprint density at radius 1 is 0.889 bits per heavy atom. The second kappa shape index (κ2) is 3.46. The highest BCUT2D eigenvalue weighted by Crippen LogP contribution is 2.51. The minimum Gasteiger partial charge on any atom is -0.380 e. The van der Waals surface area contributed by atoms with Crippen molar-refractivity contribution in [2.75, 3.05) is 0 Å². The SMILES string of the molecule is OC12c3ccccc3CCC1Cc1ccccc12. The second-order valence-electron chi connectivity index (χ2n) is 5.52. The Labute approximate surface area is 107 Å². The quantitative estimate of drug-likeness (QED) is 0.745. The first-order chi connectivity index (χ1) is 8.80. The van der Waals surface area contributed by atoms with E-state index < -0.39 is 5.60 Å². The molecule has 1 nitrogen and oxygen atoms in total. The molecular weight excluding hydrogens is 220 g/mol. The van der Waals surface area contributed by atoms with Crippen LogP contribution in [0.4, 0.5) is 0 Å². The van der Waals surface area contributed by atoms with Gasteiger partial charge in [-0.3, -0.25) is 0 Å². The summed E-state index contributed by atoms with van der Waals surface area (Å²) < 4.78 is 0. The molecule has 0 radical (unpaired) electrons. The maximum Gasteiger partial charge on any atom is 0.118 e. The number of fused-ring (bicyclic) bond motifs is 5. The van der Waals surface area contributed by atoms with Gasteiger partial charge in [0.2, 0.25) is 0 Å². The van der Waals surface area contributed by atoms with Crippen LogP contribution in [0, 0.1) is 5.92 Å². The lowest BCUT2D eigenvalue weighted by molar-refractivity contribution is 0.0182. The van der Waals surface area contributed by atoms with Crippen molar-refractivity contribution < 1.29 is 5.11 Å². The van der Waals surface area contributed by atoms with E-state index in [2.05, 4.69) is 36.4 Å². The first-order valence-electron chi connectivity index (χ1n) is 6.69. The van der Waals surface area contributed by atoms with E-state index >= 15 is 0 Å². The smallest absolute Gasteiger partial charge is 0.118 e. The molecule has 0 bridgehead atoms. The summed E-state index contributed by atoms with van der Waals surface area (Å²) in [6.45, 7) is 0. The van der Waals surface area contributed by atoms with Gasteiger partial charge < -0.3 is 5.11 Å². The predicted molar refractivity (Wildman–Crippen MR) is 71.4 cm³/mol. The van der Waals surface area contributed by atoms with E-state index in [9.17, 15) is 5.11 Å². The fraction of sp³-hybridized carbons (Fsp3) is 0.294. The van der Waals surface area contributed by atoms with Crippen LogP contribution in [-0.4, -0.2) is 5.11 Å². The summed E-state index contributed by atoms with van der Waals surface area (Å²) in [5.74, 6) is 0.352. The van der Waals surface area contributed by atoms with Crippen LogP contribution in [0.25, 0.3) is 0 Å². The van der Waals surface area contributed by atoms with Crippen LogP contribution in [-0.2, 0) is 18.4 Å². The third-order valence-electron chi connectivity index (χ3n) is 4.68. The first kappa shape index (κ1) is 10.3. The van der Waals surface area contributed by atoms with Crippen molar-refractivity contribution in [2.24, 2.45) is 5.92 Å². The highest BCUT2D eigenvalue weighted by molar-refractivity contribution is 5.50. The van der Waals surface area contributed by atoms with Gasteiger partial charge >= 0.3 is 0 Å². The molecule has 1 heteroatoms. The molecule has 0 aromatic heterocycles. The van der Waals surface area contributed by atoms with E-state index in [0.717, 1.165) is 30.4 Å². The summed E-state index contributed by atoms with van der Waals surface area (Å²) in [5, 5.41) is 11.3. The van der Waals surface area contributed by atoms with Crippen LogP contribution in [0.3, 0.4) is 0 Å². The Hall–Kier alpha value is -1.60. The van der Waals surface area contributed by atoms with Crippen LogP contribution in [0.1, 0.15) is 28.7 Å². The number of hydrogen-bond acceptors (Lipinski definition) is 1. The van der Waals surface area contributed by atoms with E-state index in [0.29, 0.717) is 5.92 Å². The zero-order valence-electron chi connectivity index (χ0n) is 10.3. The Morgan fingerprint density at radius 3 is 2.28 bits per heavy atom. The molecule has 2 aliphatic rings. The number of rotatable bonds is 0. The number of benzene rings is 2. The molecule has 2 aromatic rings. The summed E-state index contributed by atoms with van der Waals surface area (Å²) in [7, 11) is 0. The van der Waals surface area contributed by atoms with Crippen molar-refractivity contribution in [3.8, 4) is 0 Å². The monoisotopic (exact) mass is 236 g/mol. The van der Waals surface area contributed by atoms with Gasteiger partial charge in [0.25, 0.3) is 0 Å². The van der Waals surface area contributed by atoms with Gasteiger partial charge in [-0.2, -0.15) is 0 Å². The predicted octanol–water partition coefficient (Wildman–Crippen LogP) is 3.04. The summed E-state index contributed by atoms with van der Waals surface area (Å²) >= 11 is 0. The lowest BCUT2D eigenvalue weighted by Crippen LogP contribution is -2.37. The molecule has 1 N–H and O–H groups in total. The van der Waals surface area contributed by atoms with Crippen LogP contribution in [0.5, 0.6) is 0 Å². The first-order valence-corrected chi connectivity index (χ1v) is 6.69. The summed E-state index contributed by atoms with van der Waals surface area (Å²) in [4.78, 5) is 0. The second-order valence-corrected chi connectivity index (χ2v) is 5.52. The Balaban J connectivity index is 2.00. The van der Waals surface area contributed by atoms with Gasteiger partial charge in [-0.1, -0.05) is 48.5 Å². The normalized spacial score (nSPS) is 28.4. The van der Waals surface area contributed by atoms with Crippen molar-refractivity contribution in [1.29, 1.82) is 0 Å². The van der Waals surface area contributed by atoms with Crippen LogP contribution < -0.4 is 0 Å². The van der Waals surface area contributed by atoms with E-state index in [1.165, 1.54) is 11.1 Å². The minimum atomic E-state index is -0.745. The minimum absolute atomic E-state index is 0.352. The molecule has 0 saturated carbocycles. The van der Waals surface area contributed by atoms with Crippen molar-refractivity contribution in [3.05, 3.63) is 70.8 Å². The fourth-order valence-electron chi connectivity index (χ4n) is 3.82. The Kier molecular flexibility index (Phi) is 1.98. The van der Waals surface area contributed by atoms with Gasteiger partial charge in [0.05, 0.1) is 0 Å². The van der Waals surface area contributed by atoms with Gasteiger partial charge in [0, 0.05) is 5.92 Å². The third-order valence-corrected chi connectivity index (χ3v) is 4.68. The highest BCUT2D eigenvalue weighted by atomic mass is 16.3. The average molecular weight is 236 g/mol. The molecular formula is C17H16O.